The van der Waals surface area contributed by atoms with Crippen molar-refractivity contribution in [2.75, 3.05) is 25.3 Å². The van der Waals surface area contributed by atoms with Crippen LogP contribution in [0.15, 0.2) is 42.6 Å². The number of benzene rings is 1. The molecule has 3 rings (SSSR count). The molecule has 0 radical (unpaired) electrons. The van der Waals surface area contributed by atoms with Gasteiger partial charge < -0.3 is 4.74 Å². The van der Waals surface area contributed by atoms with Crippen LogP contribution in [-0.4, -0.2) is 55.5 Å². The zero-order chi connectivity index (χ0) is 22.9. The number of unbranched alkanes of at least 4 members (excludes halogenated alkanes) is 2. The van der Waals surface area contributed by atoms with Crippen molar-refractivity contribution in [3.8, 4) is 0 Å². The maximum absolute atomic E-state index is 12.6. The molecule has 0 fully saturated rings. The molecule has 2 aromatic rings. The van der Waals surface area contributed by atoms with Crippen molar-refractivity contribution in [1.82, 2.24) is 9.88 Å². The average molecular weight is 451 g/mol. The second-order valence-electron chi connectivity index (χ2n) is 7.20. The van der Waals surface area contributed by atoms with E-state index in [9.17, 15) is 22.4 Å². The number of pyridine rings is 1. The lowest BCUT2D eigenvalue weighted by molar-refractivity contribution is 0.0651. The number of nitrogens with zero attached hydrogens (tertiary/aromatic N) is 2. The van der Waals surface area contributed by atoms with Crippen molar-refractivity contribution in [2.24, 2.45) is 0 Å². The Balaban J connectivity index is 0.000000221. The highest BCUT2D eigenvalue weighted by molar-refractivity contribution is 7.90. The maximum Gasteiger partial charge on any atom is 0.261 e. The molecule has 0 bridgehead atoms. The largest absolute Gasteiger partial charge is 0.365 e. The quantitative estimate of drug-likeness (QED) is 0.331. The Kier molecular flexibility index (Phi) is 9.26. The number of carbonyl (C=O) groups excluding carboxylic acids is 2. The van der Waals surface area contributed by atoms with E-state index in [0.29, 0.717) is 24.1 Å². The molecular formula is C22H27FN2O5S. The molecule has 1 aliphatic heterocycles. The van der Waals surface area contributed by atoms with E-state index < -0.39 is 15.8 Å². The lowest BCUT2D eigenvalue weighted by Crippen LogP contribution is -2.30. The van der Waals surface area contributed by atoms with E-state index in [4.69, 9.17) is 4.74 Å². The van der Waals surface area contributed by atoms with Gasteiger partial charge in [-0.2, -0.15) is 4.39 Å². The number of sulfone groups is 1. The van der Waals surface area contributed by atoms with E-state index >= 15 is 0 Å². The minimum Gasteiger partial charge on any atom is -0.365 e. The summed E-state index contributed by atoms with van der Waals surface area (Å²) < 4.78 is 38.9. The Labute approximate surface area is 182 Å². The number of carbonyl (C=O) groups is 2. The first-order valence-corrected chi connectivity index (χ1v) is 12.1. The van der Waals surface area contributed by atoms with Crippen molar-refractivity contribution in [1.29, 1.82) is 0 Å². The van der Waals surface area contributed by atoms with E-state index in [0.717, 1.165) is 31.1 Å². The molecule has 0 spiro atoms. The molecule has 1 aromatic carbocycles. The van der Waals surface area contributed by atoms with E-state index in [1.807, 2.05) is 0 Å². The number of hydrogen-bond acceptors (Lipinski definition) is 6. The third-order valence-electron chi connectivity index (χ3n) is 4.49. The number of rotatable bonds is 9. The first kappa shape index (κ1) is 24.6. The summed E-state index contributed by atoms with van der Waals surface area (Å²) in [7, 11) is -3.10. The third-order valence-corrected chi connectivity index (χ3v) is 5.08. The van der Waals surface area contributed by atoms with Crippen LogP contribution in [0.1, 0.15) is 52.5 Å². The monoisotopic (exact) mass is 450 g/mol. The zero-order valence-electron chi connectivity index (χ0n) is 17.7. The zero-order valence-corrected chi connectivity index (χ0v) is 18.5. The smallest absolute Gasteiger partial charge is 0.261 e. The Hall–Kier alpha value is -2.65. The lowest BCUT2D eigenvalue weighted by atomic mass is 10.1. The molecule has 1 aliphatic rings. The van der Waals surface area contributed by atoms with Gasteiger partial charge in [-0.1, -0.05) is 31.9 Å². The molecule has 0 N–H and O–H groups in total. The first-order chi connectivity index (χ1) is 14.7. The molecular weight excluding hydrogens is 423 g/mol. The molecule has 168 valence electrons. The summed E-state index contributed by atoms with van der Waals surface area (Å²) >= 11 is 0. The maximum atomic E-state index is 12.6. The van der Waals surface area contributed by atoms with E-state index in [-0.39, 0.29) is 24.4 Å². The van der Waals surface area contributed by atoms with Crippen LogP contribution in [0, 0.1) is 5.95 Å². The van der Waals surface area contributed by atoms with Crippen molar-refractivity contribution in [2.45, 2.75) is 32.6 Å². The highest BCUT2D eigenvalue weighted by atomic mass is 32.2. The summed E-state index contributed by atoms with van der Waals surface area (Å²) in [4.78, 5) is 28.6. The molecule has 2 amide bonds. The predicted octanol–water partition coefficient (Wildman–Crippen LogP) is 3.25. The van der Waals surface area contributed by atoms with Crippen molar-refractivity contribution >= 4 is 21.7 Å². The molecule has 9 heteroatoms. The topological polar surface area (TPSA) is 93.6 Å². The van der Waals surface area contributed by atoms with Gasteiger partial charge in [0.1, 0.15) is 5.94 Å². The van der Waals surface area contributed by atoms with Gasteiger partial charge in [-0.15, -0.1) is 0 Å². The van der Waals surface area contributed by atoms with Gasteiger partial charge in [-0.05, 0) is 42.7 Å². The molecule has 0 aliphatic carbocycles. The molecule has 7 nitrogen and oxygen atoms in total. The average Bonchev–Trinajstić information content (AvgIpc) is 2.96. The fourth-order valence-corrected chi connectivity index (χ4v) is 3.38. The number of aromatic nitrogens is 1. The van der Waals surface area contributed by atoms with Crippen LogP contribution in [0.4, 0.5) is 4.39 Å². The van der Waals surface area contributed by atoms with Crippen LogP contribution >= 0.6 is 0 Å². The van der Waals surface area contributed by atoms with Crippen LogP contribution in [-0.2, 0) is 21.0 Å². The minimum atomic E-state index is -3.10. The second-order valence-corrected chi connectivity index (χ2v) is 9.29. The predicted molar refractivity (Wildman–Crippen MR) is 115 cm³/mol. The third kappa shape index (κ3) is 7.84. The Morgan fingerprint density at radius 3 is 2.26 bits per heavy atom. The van der Waals surface area contributed by atoms with Crippen LogP contribution in [0.2, 0.25) is 0 Å². The molecule has 2 heterocycles. The summed E-state index contributed by atoms with van der Waals surface area (Å²) in [6.07, 6.45) is 5.95. The van der Waals surface area contributed by atoms with E-state index in [1.165, 1.54) is 17.2 Å². The molecule has 0 saturated heterocycles. The summed E-state index contributed by atoms with van der Waals surface area (Å²) in [6, 6.07) is 9.97. The molecule has 31 heavy (non-hydrogen) atoms. The van der Waals surface area contributed by atoms with Gasteiger partial charge in [0.15, 0.2) is 9.84 Å². The van der Waals surface area contributed by atoms with Crippen LogP contribution in [0.3, 0.4) is 0 Å². The Morgan fingerprint density at radius 1 is 1.06 bits per heavy atom. The summed E-state index contributed by atoms with van der Waals surface area (Å²) in [5.41, 5.74) is 1.82. The number of ether oxygens (including phenoxy) is 1. The summed E-state index contributed by atoms with van der Waals surface area (Å²) in [5, 5.41) is 0. The molecule has 0 unspecified atom stereocenters. The second kappa shape index (κ2) is 11.7. The summed E-state index contributed by atoms with van der Waals surface area (Å²) in [6.45, 7) is 2.89. The lowest BCUT2D eigenvalue weighted by Gasteiger charge is -2.12. The molecule has 1 aromatic heterocycles. The highest BCUT2D eigenvalue weighted by Gasteiger charge is 2.34. The molecule has 0 saturated carbocycles. The van der Waals surface area contributed by atoms with Crippen molar-refractivity contribution < 1.29 is 27.1 Å². The van der Waals surface area contributed by atoms with Gasteiger partial charge in [-0.3, -0.25) is 14.5 Å². The normalized spacial score (nSPS) is 13.1. The van der Waals surface area contributed by atoms with E-state index in [1.54, 1.807) is 30.3 Å². The number of hydrogen-bond donors (Lipinski definition) is 0. The van der Waals surface area contributed by atoms with Gasteiger partial charge in [0.25, 0.3) is 11.8 Å². The van der Waals surface area contributed by atoms with Gasteiger partial charge in [-0.25, -0.2) is 13.4 Å². The SMILES string of the molecule is CCCCCN1C(=O)c2ccccc2C1=O.CS(=O)(=O)COCCc1ccnc(F)c1. The minimum absolute atomic E-state index is 0.142. The fourth-order valence-electron chi connectivity index (χ4n) is 2.96. The number of amides is 2. The Morgan fingerprint density at radius 2 is 1.71 bits per heavy atom. The number of imide groups is 1. The Bertz CT molecular complexity index is 975. The van der Waals surface area contributed by atoms with Crippen molar-refractivity contribution in [3.05, 3.63) is 65.2 Å². The van der Waals surface area contributed by atoms with Crippen molar-refractivity contribution in [3.63, 3.8) is 0 Å². The van der Waals surface area contributed by atoms with Crippen LogP contribution < -0.4 is 0 Å². The van der Waals surface area contributed by atoms with Gasteiger partial charge in [0, 0.05) is 19.0 Å². The van der Waals surface area contributed by atoms with Gasteiger partial charge in [0.2, 0.25) is 5.95 Å². The molecule has 0 atom stereocenters. The first-order valence-electron chi connectivity index (χ1n) is 10.0. The van der Waals surface area contributed by atoms with Gasteiger partial charge in [0.05, 0.1) is 17.7 Å². The summed E-state index contributed by atoms with van der Waals surface area (Å²) in [5.74, 6) is -1.13. The van der Waals surface area contributed by atoms with E-state index in [2.05, 4.69) is 11.9 Å². The highest BCUT2D eigenvalue weighted by Crippen LogP contribution is 2.22. The number of fused-ring (bicyclic) bond motifs is 1. The number of halogens is 1. The van der Waals surface area contributed by atoms with Gasteiger partial charge >= 0.3 is 0 Å². The standard InChI is InChI=1S/C13H15NO2.C9H12FNO3S/c1-2-3-6-9-14-12(15)10-7-4-5-8-11(10)13(14)16;1-15(12,13)7-14-5-3-8-2-4-11-9(10)6-8/h4-5,7-8H,2-3,6,9H2,1H3;2,4,6H,3,5,7H2,1H3. The fraction of sp³-hybridized carbons (Fsp3) is 0.409. The van der Waals surface area contributed by atoms with Crippen LogP contribution in [0.25, 0.3) is 0 Å². The van der Waals surface area contributed by atoms with Crippen LogP contribution in [0.5, 0.6) is 0 Å².